The van der Waals surface area contributed by atoms with E-state index in [0.717, 1.165) is 16.8 Å². The molecule has 1 aromatic heterocycles. The Hall–Kier alpha value is -2.36. The number of phenolic OH excluding ortho intramolecular Hbond substituents is 1. The Bertz CT molecular complexity index is 571. The zero-order chi connectivity index (χ0) is 13.8. The summed E-state index contributed by atoms with van der Waals surface area (Å²) in [6.45, 7) is 3.85. The molecule has 98 valence electrons. The summed E-state index contributed by atoms with van der Waals surface area (Å²) in [5.41, 5.74) is 2.78. The molecule has 4 nitrogen and oxygen atoms in total. The van der Waals surface area contributed by atoms with Gasteiger partial charge in [-0.15, -0.1) is 0 Å². The Morgan fingerprint density at radius 1 is 1.21 bits per heavy atom. The number of pyridine rings is 1. The zero-order valence-corrected chi connectivity index (χ0v) is 11.0. The number of phenols is 1. The van der Waals surface area contributed by atoms with Gasteiger partial charge in [-0.05, 0) is 49.2 Å². The number of aromatic hydroxyl groups is 1. The third kappa shape index (κ3) is 3.81. The Balaban J connectivity index is 2.03. The molecule has 0 atom stereocenters. The van der Waals surface area contributed by atoms with Gasteiger partial charge in [0.1, 0.15) is 11.6 Å². The summed E-state index contributed by atoms with van der Waals surface area (Å²) in [4.78, 5) is 16.1. The molecular weight excluding hydrogens is 240 g/mol. The van der Waals surface area contributed by atoms with Crippen molar-refractivity contribution in [2.45, 2.75) is 20.3 Å². The molecule has 1 heterocycles. The molecule has 1 amide bonds. The number of amides is 1. The number of carbonyl (C=O) groups is 1. The first-order valence-electron chi connectivity index (χ1n) is 6.06. The van der Waals surface area contributed by atoms with E-state index in [1.807, 2.05) is 26.0 Å². The van der Waals surface area contributed by atoms with Gasteiger partial charge in [-0.25, -0.2) is 4.98 Å². The van der Waals surface area contributed by atoms with Crippen LogP contribution in [0.2, 0.25) is 0 Å². The summed E-state index contributed by atoms with van der Waals surface area (Å²) >= 11 is 0. The zero-order valence-electron chi connectivity index (χ0n) is 11.0. The van der Waals surface area contributed by atoms with Crippen LogP contribution in [0, 0.1) is 13.8 Å². The van der Waals surface area contributed by atoms with E-state index in [2.05, 4.69) is 10.3 Å². The average Bonchev–Trinajstić information content (AvgIpc) is 2.30. The van der Waals surface area contributed by atoms with Crippen molar-refractivity contribution in [1.29, 1.82) is 0 Å². The van der Waals surface area contributed by atoms with E-state index >= 15 is 0 Å². The second-order valence-corrected chi connectivity index (χ2v) is 4.56. The Morgan fingerprint density at radius 3 is 2.53 bits per heavy atom. The van der Waals surface area contributed by atoms with Crippen molar-refractivity contribution in [3.05, 3.63) is 53.2 Å². The lowest BCUT2D eigenvalue weighted by molar-refractivity contribution is -0.115. The fourth-order valence-corrected chi connectivity index (χ4v) is 1.89. The van der Waals surface area contributed by atoms with Gasteiger partial charge in [0.15, 0.2) is 0 Å². The molecule has 0 fully saturated rings. The van der Waals surface area contributed by atoms with Gasteiger partial charge in [0.05, 0.1) is 6.42 Å². The second-order valence-electron chi connectivity index (χ2n) is 4.56. The van der Waals surface area contributed by atoms with Crippen molar-refractivity contribution >= 4 is 11.7 Å². The molecule has 0 saturated heterocycles. The molecule has 0 aliphatic rings. The van der Waals surface area contributed by atoms with E-state index in [4.69, 9.17) is 0 Å². The average molecular weight is 256 g/mol. The third-order valence-corrected chi connectivity index (χ3v) is 2.67. The van der Waals surface area contributed by atoms with Gasteiger partial charge in [-0.1, -0.05) is 12.1 Å². The van der Waals surface area contributed by atoms with E-state index in [1.165, 1.54) is 0 Å². The number of nitrogens with one attached hydrogen (secondary N) is 1. The first kappa shape index (κ1) is 13.1. The molecule has 4 heteroatoms. The van der Waals surface area contributed by atoms with Crippen LogP contribution in [0.1, 0.15) is 16.8 Å². The van der Waals surface area contributed by atoms with Gasteiger partial charge in [0.25, 0.3) is 0 Å². The maximum atomic E-state index is 11.9. The molecule has 0 aliphatic heterocycles. The van der Waals surface area contributed by atoms with Crippen LogP contribution in [0.5, 0.6) is 5.75 Å². The lowest BCUT2D eigenvalue weighted by Gasteiger charge is -2.06. The van der Waals surface area contributed by atoms with E-state index < -0.39 is 0 Å². The highest BCUT2D eigenvalue weighted by atomic mass is 16.3. The summed E-state index contributed by atoms with van der Waals surface area (Å²) in [6, 6.07) is 10.4. The number of hydrogen-bond acceptors (Lipinski definition) is 3. The van der Waals surface area contributed by atoms with E-state index in [-0.39, 0.29) is 18.1 Å². The molecule has 2 aromatic rings. The summed E-state index contributed by atoms with van der Waals surface area (Å²) in [7, 11) is 0. The van der Waals surface area contributed by atoms with Crippen molar-refractivity contribution in [2.75, 3.05) is 5.32 Å². The molecular formula is C15H16N2O2. The third-order valence-electron chi connectivity index (χ3n) is 2.67. The summed E-state index contributed by atoms with van der Waals surface area (Å²) in [5, 5.41) is 12.0. The number of anilines is 1. The highest BCUT2D eigenvalue weighted by Crippen LogP contribution is 2.12. The van der Waals surface area contributed by atoms with E-state index in [1.54, 1.807) is 24.3 Å². The largest absolute Gasteiger partial charge is 0.508 e. The van der Waals surface area contributed by atoms with Crippen LogP contribution >= 0.6 is 0 Å². The van der Waals surface area contributed by atoms with Crippen LogP contribution in [-0.2, 0) is 11.2 Å². The lowest BCUT2D eigenvalue weighted by Crippen LogP contribution is -2.15. The van der Waals surface area contributed by atoms with Crippen LogP contribution in [0.25, 0.3) is 0 Å². The minimum absolute atomic E-state index is 0.122. The molecule has 0 saturated carbocycles. The normalized spacial score (nSPS) is 10.2. The van der Waals surface area contributed by atoms with Crippen molar-refractivity contribution in [2.24, 2.45) is 0 Å². The first-order chi connectivity index (χ1) is 9.02. The highest BCUT2D eigenvalue weighted by Gasteiger charge is 2.06. The van der Waals surface area contributed by atoms with Gasteiger partial charge in [-0.2, -0.15) is 0 Å². The standard InChI is InChI=1S/C15H16N2O2/c1-10-7-11(2)16-14(8-10)17-15(19)9-12-3-5-13(18)6-4-12/h3-8,18H,9H2,1-2H3,(H,16,17,19). The number of carbonyl (C=O) groups excluding carboxylic acids is 1. The molecule has 19 heavy (non-hydrogen) atoms. The Labute approximate surface area is 112 Å². The smallest absolute Gasteiger partial charge is 0.229 e. The van der Waals surface area contributed by atoms with Crippen molar-refractivity contribution in [3.8, 4) is 5.75 Å². The van der Waals surface area contributed by atoms with E-state index in [9.17, 15) is 9.90 Å². The number of nitrogens with zero attached hydrogens (tertiary/aromatic N) is 1. The van der Waals surface area contributed by atoms with E-state index in [0.29, 0.717) is 5.82 Å². The highest BCUT2D eigenvalue weighted by molar-refractivity contribution is 5.91. The molecule has 2 rings (SSSR count). The van der Waals surface area contributed by atoms with Crippen LogP contribution < -0.4 is 5.32 Å². The fraction of sp³-hybridized carbons (Fsp3) is 0.200. The van der Waals surface area contributed by atoms with Gasteiger partial charge in [-0.3, -0.25) is 4.79 Å². The van der Waals surface area contributed by atoms with Gasteiger partial charge < -0.3 is 10.4 Å². The summed E-state index contributed by atoms with van der Waals surface area (Å²) in [5.74, 6) is 0.643. The number of aromatic nitrogens is 1. The van der Waals surface area contributed by atoms with Crippen LogP contribution in [0.3, 0.4) is 0 Å². The molecule has 0 bridgehead atoms. The second kappa shape index (κ2) is 5.52. The fourth-order valence-electron chi connectivity index (χ4n) is 1.89. The SMILES string of the molecule is Cc1cc(C)nc(NC(=O)Cc2ccc(O)cc2)c1. The van der Waals surface area contributed by atoms with Crippen molar-refractivity contribution in [3.63, 3.8) is 0 Å². The maximum Gasteiger partial charge on any atom is 0.229 e. The monoisotopic (exact) mass is 256 g/mol. The molecule has 0 radical (unpaired) electrons. The predicted molar refractivity (Wildman–Crippen MR) is 74.2 cm³/mol. The Kier molecular flexibility index (Phi) is 3.80. The number of rotatable bonds is 3. The predicted octanol–water partition coefficient (Wildman–Crippen LogP) is 2.59. The summed E-state index contributed by atoms with van der Waals surface area (Å²) < 4.78 is 0. The maximum absolute atomic E-state index is 11.9. The van der Waals surface area contributed by atoms with Gasteiger partial charge in [0.2, 0.25) is 5.91 Å². The minimum atomic E-state index is -0.122. The van der Waals surface area contributed by atoms with Crippen LogP contribution in [0.4, 0.5) is 5.82 Å². The van der Waals surface area contributed by atoms with Crippen molar-refractivity contribution in [1.82, 2.24) is 4.98 Å². The van der Waals surface area contributed by atoms with Crippen LogP contribution in [-0.4, -0.2) is 16.0 Å². The molecule has 0 unspecified atom stereocenters. The molecule has 0 spiro atoms. The summed E-state index contributed by atoms with van der Waals surface area (Å²) in [6.07, 6.45) is 0.259. The lowest BCUT2D eigenvalue weighted by atomic mass is 10.1. The first-order valence-corrected chi connectivity index (χ1v) is 6.06. The van der Waals surface area contributed by atoms with Crippen LogP contribution in [0.15, 0.2) is 36.4 Å². The quantitative estimate of drug-likeness (QED) is 0.887. The van der Waals surface area contributed by atoms with Gasteiger partial charge in [0, 0.05) is 5.69 Å². The molecule has 2 N–H and O–H groups in total. The van der Waals surface area contributed by atoms with Crippen molar-refractivity contribution < 1.29 is 9.90 Å². The Morgan fingerprint density at radius 2 is 1.89 bits per heavy atom. The molecule has 1 aromatic carbocycles. The number of hydrogen-bond donors (Lipinski definition) is 2. The number of benzene rings is 1. The minimum Gasteiger partial charge on any atom is -0.508 e. The number of aryl methyl sites for hydroxylation is 2. The van der Waals surface area contributed by atoms with Gasteiger partial charge >= 0.3 is 0 Å². The molecule has 0 aliphatic carbocycles. The topological polar surface area (TPSA) is 62.2 Å².